The fourth-order valence-corrected chi connectivity index (χ4v) is 0.614. The first kappa shape index (κ1) is 9.88. The predicted octanol–water partition coefficient (Wildman–Crippen LogP) is 0.504. The lowest BCUT2D eigenvalue weighted by molar-refractivity contribution is -0.105. The van der Waals surface area contributed by atoms with Crippen LogP contribution >= 0.6 is 0 Å². The molecule has 0 saturated carbocycles. The highest BCUT2D eigenvalue weighted by molar-refractivity contribution is 4.39. The van der Waals surface area contributed by atoms with Crippen molar-refractivity contribution >= 4 is 0 Å². The van der Waals surface area contributed by atoms with E-state index in [1.165, 1.54) is 0 Å². The van der Waals surface area contributed by atoms with E-state index in [0.29, 0.717) is 19.4 Å². The molecule has 2 N–H and O–H groups in total. The summed E-state index contributed by atoms with van der Waals surface area (Å²) in [6.07, 6.45) is 1.54. The van der Waals surface area contributed by atoms with E-state index in [0.717, 1.165) is 6.42 Å². The van der Waals surface area contributed by atoms with E-state index < -0.39 is 6.29 Å². The Morgan fingerprint density at radius 2 is 2.20 bits per heavy atom. The molecule has 0 aromatic rings. The van der Waals surface area contributed by atoms with Crippen molar-refractivity contribution in [2.45, 2.75) is 32.5 Å². The van der Waals surface area contributed by atoms with Crippen molar-refractivity contribution in [3.63, 3.8) is 0 Å². The summed E-state index contributed by atoms with van der Waals surface area (Å²) in [5.74, 6) is 0. The number of ether oxygens (including phenoxy) is 1. The van der Waals surface area contributed by atoms with E-state index in [2.05, 4.69) is 0 Å². The third-order valence-corrected chi connectivity index (χ3v) is 1.15. The quantitative estimate of drug-likeness (QED) is 0.426. The summed E-state index contributed by atoms with van der Waals surface area (Å²) in [6.45, 7) is 2.55. The summed E-state index contributed by atoms with van der Waals surface area (Å²) >= 11 is 0. The molecule has 0 fully saturated rings. The fraction of sp³-hybridized carbons (Fsp3) is 1.00. The van der Waals surface area contributed by atoms with Crippen LogP contribution in [0, 0.1) is 0 Å². The molecule has 62 valence electrons. The van der Waals surface area contributed by atoms with Crippen molar-refractivity contribution in [3.8, 4) is 0 Å². The third-order valence-electron chi connectivity index (χ3n) is 1.15. The van der Waals surface area contributed by atoms with E-state index in [-0.39, 0.29) is 6.61 Å². The molecule has 1 unspecified atom stereocenters. The molecule has 1 atom stereocenters. The maximum absolute atomic E-state index is 8.97. The lowest BCUT2D eigenvalue weighted by Crippen LogP contribution is -2.12. The van der Waals surface area contributed by atoms with E-state index >= 15 is 0 Å². The zero-order valence-corrected chi connectivity index (χ0v) is 6.42. The first-order valence-electron chi connectivity index (χ1n) is 3.71. The van der Waals surface area contributed by atoms with Gasteiger partial charge in [0.25, 0.3) is 0 Å². The van der Waals surface area contributed by atoms with Gasteiger partial charge in [-0.15, -0.1) is 0 Å². The van der Waals surface area contributed by atoms with Crippen LogP contribution in [0.25, 0.3) is 0 Å². The Labute approximate surface area is 61.6 Å². The van der Waals surface area contributed by atoms with Crippen LogP contribution in [-0.2, 0) is 4.74 Å². The Bertz CT molecular complexity index is 65.9. The molecule has 3 heteroatoms. The van der Waals surface area contributed by atoms with Gasteiger partial charge in [-0.25, -0.2) is 0 Å². The number of hydrogen-bond donors (Lipinski definition) is 2. The second-order valence-corrected chi connectivity index (χ2v) is 2.19. The summed E-state index contributed by atoms with van der Waals surface area (Å²) in [6, 6.07) is 0. The van der Waals surface area contributed by atoms with Crippen LogP contribution in [0.3, 0.4) is 0 Å². The molecule has 0 aliphatic carbocycles. The van der Waals surface area contributed by atoms with E-state index in [9.17, 15) is 0 Å². The predicted molar refractivity (Wildman–Crippen MR) is 38.6 cm³/mol. The lowest BCUT2D eigenvalue weighted by atomic mass is 10.3. The Hall–Kier alpha value is -0.120. The maximum Gasteiger partial charge on any atom is 0.154 e. The van der Waals surface area contributed by atoms with Crippen molar-refractivity contribution in [1.29, 1.82) is 0 Å². The summed E-state index contributed by atoms with van der Waals surface area (Å²) in [4.78, 5) is 0. The Morgan fingerprint density at radius 3 is 2.70 bits per heavy atom. The second-order valence-electron chi connectivity index (χ2n) is 2.19. The van der Waals surface area contributed by atoms with Crippen LogP contribution in [0.5, 0.6) is 0 Å². The standard InChI is InChI=1S/C7H16O3/c1-2-4-7(9)10-6-3-5-8/h7-9H,2-6H2,1H3. The molecule has 0 rings (SSSR count). The Morgan fingerprint density at radius 1 is 1.50 bits per heavy atom. The molecule has 0 aliphatic heterocycles. The van der Waals surface area contributed by atoms with Gasteiger partial charge in [0.05, 0.1) is 6.61 Å². The summed E-state index contributed by atoms with van der Waals surface area (Å²) < 4.78 is 4.92. The van der Waals surface area contributed by atoms with Gasteiger partial charge in [0.15, 0.2) is 6.29 Å². The molecule has 0 aliphatic rings. The first-order chi connectivity index (χ1) is 4.81. The zero-order valence-electron chi connectivity index (χ0n) is 6.42. The van der Waals surface area contributed by atoms with Gasteiger partial charge in [-0.3, -0.25) is 0 Å². The minimum absolute atomic E-state index is 0.124. The molecule has 0 radical (unpaired) electrons. The van der Waals surface area contributed by atoms with Crippen LogP contribution in [0.1, 0.15) is 26.2 Å². The van der Waals surface area contributed by atoms with Crippen molar-refractivity contribution in [3.05, 3.63) is 0 Å². The van der Waals surface area contributed by atoms with E-state index in [1.54, 1.807) is 0 Å². The minimum atomic E-state index is -0.642. The van der Waals surface area contributed by atoms with Crippen molar-refractivity contribution in [1.82, 2.24) is 0 Å². The van der Waals surface area contributed by atoms with Crippen molar-refractivity contribution in [2.75, 3.05) is 13.2 Å². The van der Waals surface area contributed by atoms with Crippen LogP contribution in [0.4, 0.5) is 0 Å². The highest BCUT2D eigenvalue weighted by atomic mass is 16.6. The van der Waals surface area contributed by atoms with Gasteiger partial charge in [0.1, 0.15) is 0 Å². The van der Waals surface area contributed by atoms with Gasteiger partial charge < -0.3 is 14.9 Å². The molecule has 3 nitrogen and oxygen atoms in total. The van der Waals surface area contributed by atoms with Gasteiger partial charge in [-0.2, -0.15) is 0 Å². The maximum atomic E-state index is 8.97. The zero-order chi connectivity index (χ0) is 7.82. The summed E-state index contributed by atoms with van der Waals surface area (Å²) in [7, 11) is 0. The minimum Gasteiger partial charge on any atom is -0.396 e. The normalized spacial score (nSPS) is 13.5. The molecule has 0 spiro atoms. The summed E-state index contributed by atoms with van der Waals surface area (Å²) in [5.41, 5.74) is 0. The molecular formula is C7H16O3. The number of aliphatic hydroxyl groups is 2. The smallest absolute Gasteiger partial charge is 0.154 e. The van der Waals surface area contributed by atoms with Gasteiger partial charge in [-0.05, 0) is 12.8 Å². The molecule has 0 aromatic heterocycles. The van der Waals surface area contributed by atoms with Crippen LogP contribution in [0.15, 0.2) is 0 Å². The van der Waals surface area contributed by atoms with Crippen LogP contribution in [0.2, 0.25) is 0 Å². The highest BCUT2D eigenvalue weighted by Gasteiger charge is 1.99. The van der Waals surface area contributed by atoms with Crippen molar-refractivity contribution < 1.29 is 14.9 Å². The van der Waals surface area contributed by atoms with Gasteiger partial charge in [0, 0.05) is 6.61 Å². The van der Waals surface area contributed by atoms with Crippen molar-refractivity contribution in [2.24, 2.45) is 0 Å². The topological polar surface area (TPSA) is 49.7 Å². The Balaban J connectivity index is 2.97. The number of rotatable bonds is 6. The largest absolute Gasteiger partial charge is 0.396 e. The van der Waals surface area contributed by atoms with Gasteiger partial charge in [-0.1, -0.05) is 13.3 Å². The molecule has 0 bridgehead atoms. The SMILES string of the molecule is CCCC(O)OCCCO. The van der Waals surface area contributed by atoms with Gasteiger partial charge in [0.2, 0.25) is 0 Å². The molecular weight excluding hydrogens is 132 g/mol. The number of aliphatic hydroxyl groups excluding tert-OH is 2. The van der Waals surface area contributed by atoms with E-state index in [4.69, 9.17) is 14.9 Å². The molecule has 10 heavy (non-hydrogen) atoms. The molecule has 0 heterocycles. The molecule has 0 aromatic carbocycles. The van der Waals surface area contributed by atoms with Gasteiger partial charge >= 0.3 is 0 Å². The highest BCUT2D eigenvalue weighted by Crippen LogP contribution is 1.97. The van der Waals surface area contributed by atoms with E-state index in [1.807, 2.05) is 6.92 Å². The lowest BCUT2D eigenvalue weighted by Gasteiger charge is -2.09. The monoisotopic (exact) mass is 148 g/mol. The average molecular weight is 148 g/mol. The average Bonchev–Trinajstić information content (AvgIpc) is 1.89. The molecule has 0 amide bonds. The van der Waals surface area contributed by atoms with Crippen LogP contribution in [-0.4, -0.2) is 29.7 Å². The third kappa shape index (κ3) is 6.01. The van der Waals surface area contributed by atoms with Crippen LogP contribution < -0.4 is 0 Å². The fourth-order valence-electron chi connectivity index (χ4n) is 0.614. The first-order valence-corrected chi connectivity index (χ1v) is 3.71. The summed E-state index contributed by atoms with van der Waals surface area (Å²) in [5, 5.41) is 17.3. The molecule has 0 saturated heterocycles. The number of hydrogen-bond acceptors (Lipinski definition) is 3. The Kier molecular flexibility index (Phi) is 6.91. The second kappa shape index (κ2) is 6.99.